The Morgan fingerprint density at radius 3 is 2.55 bits per heavy atom. The number of halogens is 4. The van der Waals surface area contributed by atoms with E-state index in [0.29, 0.717) is 0 Å². The molecule has 1 aliphatic rings. The van der Waals surface area contributed by atoms with Crippen LogP contribution in [-0.2, 0) is 11.2 Å². The van der Waals surface area contributed by atoms with Crippen molar-refractivity contribution in [2.24, 2.45) is 0 Å². The number of aromatic nitrogens is 3. The highest BCUT2D eigenvalue weighted by Gasteiger charge is 2.50. The summed E-state index contributed by atoms with van der Waals surface area (Å²) < 4.78 is 52.3. The molecule has 0 aliphatic carbocycles. The van der Waals surface area contributed by atoms with E-state index >= 15 is 0 Å². The summed E-state index contributed by atoms with van der Waals surface area (Å²) in [7, 11) is 0. The van der Waals surface area contributed by atoms with Crippen molar-refractivity contribution in [1.29, 1.82) is 0 Å². The van der Waals surface area contributed by atoms with Gasteiger partial charge in [0.2, 0.25) is 5.91 Å². The summed E-state index contributed by atoms with van der Waals surface area (Å²) >= 11 is 0. The van der Waals surface area contributed by atoms with Crippen LogP contribution in [0.15, 0.2) is 30.9 Å². The summed E-state index contributed by atoms with van der Waals surface area (Å²) in [4.78, 5) is 52.3. The molecule has 1 atom stereocenters. The summed E-state index contributed by atoms with van der Waals surface area (Å²) in [5.74, 6) is -4.98. The van der Waals surface area contributed by atoms with Crippen molar-refractivity contribution in [3.8, 4) is 0 Å². The number of carbonyl (C=O) groups excluding carboxylic acids is 3. The molecule has 0 unspecified atom stereocenters. The number of rotatable bonds is 8. The number of hydrogen-bond donors (Lipinski definition) is 0. The van der Waals surface area contributed by atoms with E-state index in [1.54, 1.807) is 0 Å². The minimum atomic E-state index is -3.15. The first kappa shape index (κ1) is 23.9. The molecule has 1 fully saturated rings. The van der Waals surface area contributed by atoms with E-state index in [0.717, 1.165) is 17.3 Å². The molecule has 0 spiro atoms. The maximum atomic E-state index is 13.5. The molecular formula is C21H17F4N5O3. The highest BCUT2D eigenvalue weighted by molar-refractivity contribution is 6.02. The predicted molar refractivity (Wildman–Crippen MR) is 104 cm³/mol. The van der Waals surface area contributed by atoms with Gasteiger partial charge < -0.3 is 0 Å². The number of ketones is 2. The van der Waals surface area contributed by atoms with Gasteiger partial charge >= 0.3 is 6.17 Å². The van der Waals surface area contributed by atoms with E-state index in [1.807, 2.05) is 0 Å². The second kappa shape index (κ2) is 9.81. The lowest BCUT2D eigenvalue weighted by Crippen LogP contribution is -2.35. The average Bonchev–Trinajstić information content (AvgIpc) is 3.12. The maximum absolute atomic E-state index is 13.5. The van der Waals surface area contributed by atoms with Gasteiger partial charge in [-0.3, -0.25) is 34.1 Å². The molecule has 3 heterocycles. The molecule has 8 nitrogen and oxygen atoms in total. The van der Waals surface area contributed by atoms with Crippen LogP contribution in [0, 0.1) is 6.57 Å². The molecular weight excluding hydrogens is 446 g/mol. The lowest BCUT2D eigenvalue weighted by molar-refractivity contribution is -0.132. The summed E-state index contributed by atoms with van der Waals surface area (Å²) in [6.45, 7) is 6.13. The zero-order valence-corrected chi connectivity index (χ0v) is 17.0. The Bertz CT molecular complexity index is 1100. The number of amides is 1. The van der Waals surface area contributed by atoms with Crippen LogP contribution < -0.4 is 0 Å². The van der Waals surface area contributed by atoms with Gasteiger partial charge in [-0.05, 0) is 11.6 Å². The fraction of sp³-hybridized carbons (Fsp3) is 0.381. The van der Waals surface area contributed by atoms with Gasteiger partial charge in [0, 0.05) is 37.2 Å². The highest BCUT2D eigenvalue weighted by atomic mass is 19.3. The van der Waals surface area contributed by atoms with E-state index in [1.165, 1.54) is 18.5 Å². The number of alkyl halides is 4. The SMILES string of the molecule is [C-]#[N+][C@@H]1CC(F)(F)CN1C(=O)CCC(=O)c1ccncc1CC(=O)c1cnc(C(F)F)cn1. The fourth-order valence-electron chi connectivity index (χ4n) is 3.36. The zero-order valence-electron chi connectivity index (χ0n) is 17.0. The summed E-state index contributed by atoms with van der Waals surface area (Å²) in [6, 6.07) is 1.35. The topological polar surface area (TPSA) is 97.5 Å². The maximum Gasteiger partial charge on any atom is 0.306 e. The molecule has 1 aliphatic heterocycles. The van der Waals surface area contributed by atoms with Crippen LogP contribution in [0.3, 0.4) is 0 Å². The van der Waals surface area contributed by atoms with Crippen molar-refractivity contribution < 1.29 is 31.9 Å². The van der Waals surface area contributed by atoms with Gasteiger partial charge in [0.25, 0.3) is 12.3 Å². The number of carbonyl (C=O) groups is 3. The summed E-state index contributed by atoms with van der Waals surface area (Å²) in [6.07, 6.45) is -1.55. The molecule has 2 aromatic rings. The third-order valence-electron chi connectivity index (χ3n) is 5.01. The van der Waals surface area contributed by atoms with Crippen molar-refractivity contribution in [2.75, 3.05) is 6.54 Å². The van der Waals surface area contributed by atoms with Crippen LogP contribution in [0.2, 0.25) is 0 Å². The molecule has 2 aromatic heterocycles. The molecule has 1 amide bonds. The molecule has 0 radical (unpaired) electrons. The Balaban J connectivity index is 1.66. The lowest BCUT2D eigenvalue weighted by Gasteiger charge is -2.16. The molecule has 3 rings (SSSR count). The molecule has 0 bridgehead atoms. The number of likely N-dealkylation sites (tertiary alicyclic amines) is 1. The van der Waals surface area contributed by atoms with Crippen molar-refractivity contribution in [3.63, 3.8) is 0 Å². The fourth-order valence-corrected chi connectivity index (χ4v) is 3.36. The normalized spacial score (nSPS) is 17.1. The largest absolute Gasteiger partial charge is 0.306 e. The Kier molecular flexibility index (Phi) is 7.10. The summed E-state index contributed by atoms with van der Waals surface area (Å²) in [5, 5.41) is 0. The molecule has 1 saturated heterocycles. The van der Waals surface area contributed by atoms with E-state index in [9.17, 15) is 31.9 Å². The average molecular weight is 463 g/mol. The van der Waals surface area contributed by atoms with Gasteiger partial charge in [-0.25, -0.2) is 29.1 Å². The molecule has 0 aromatic carbocycles. The van der Waals surface area contributed by atoms with Crippen molar-refractivity contribution in [3.05, 3.63) is 64.8 Å². The third-order valence-corrected chi connectivity index (χ3v) is 5.01. The Morgan fingerprint density at radius 1 is 1.15 bits per heavy atom. The smallest absolute Gasteiger partial charge is 0.294 e. The van der Waals surface area contributed by atoms with Gasteiger partial charge in [-0.1, -0.05) is 0 Å². The van der Waals surface area contributed by atoms with Crippen LogP contribution in [0.5, 0.6) is 0 Å². The van der Waals surface area contributed by atoms with Crippen LogP contribution >= 0.6 is 0 Å². The third kappa shape index (κ3) is 5.74. The minimum Gasteiger partial charge on any atom is -0.294 e. The molecule has 33 heavy (non-hydrogen) atoms. The van der Waals surface area contributed by atoms with Gasteiger partial charge in [-0.15, -0.1) is 0 Å². The predicted octanol–water partition coefficient (Wildman–Crippen LogP) is 3.31. The summed E-state index contributed by atoms with van der Waals surface area (Å²) in [5.41, 5.74) is -0.412. The van der Waals surface area contributed by atoms with Crippen LogP contribution in [0.4, 0.5) is 17.6 Å². The molecule has 0 N–H and O–H groups in total. The number of nitrogens with zero attached hydrogens (tertiary/aromatic N) is 5. The second-order valence-corrected chi connectivity index (χ2v) is 7.37. The number of Topliss-reactive ketones (excluding diaryl/α,β-unsaturated/α-hetero) is 2. The highest BCUT2D eigenvalue weighted by Crippen LogP contribution is 2.33. The Labute approximate surface area is 185 Å². The van der Waals surface area contributed by atoms with Crippen molar-refractivity contribution >= 4 is 17.5 Å². The zero-order chi connectivity index (χ0) is 24.2. The lowest BCUT2D eigenvalue weighted by atomic mass is 9.98. The van der Waals surface area contributed by atoms with Crippen molar-refractivity contribution in [1.82, 2.24) is 19.9 Å². The quantitative estimate of drug-likeness (QED) is 0.339. The van der Waals surface area contributed by atoms with E-state index in [4.69, 9.17) is 6.57 Å². The van der Waals surface area contributed by atoms with E-state index in [-0.39, 0.29) is 36.1 Å². The van der Waals surface area contributed by atoms with Gasteiger partial charge in [0.05, 0.1) is 18.9 Å². The van der Waals surface area contributed by atoms with Gasteiger partial charge in [0.15, 0.2) is 11.6 Å². The standard InChI is InChI=1S/C21H17F4N5O3/c1-26-18-7-21(24,25)11-30(18)19(33)3-2-16(31)13-4-5-27-8-12(13)6-17(32)14-9-29-15(10-28-14)20(22)23/h4-5,8-10,18,20H,2-3,6-7,11H2/t18-/m0/s1. The molecule has 12 heteroatoms. The first-order valence-electron chi connectivity index (χ1n) is 9.74. The monoisotopic (exact) mass is 463 g/mol. The van der Waals surface area contributed by atoms with Crippen LogP contribution in [0.1, 0.15) is 57.8 Å². The van der Waals surface area contributed by atoms with Gasteiger partial charge in [0.1, 0.15) is 17.8 Å². The Morgan fingerprint density at radius 2 is 1.91 bits per heavy atom. The van der Waals surface area contributed by atoms with Crippen LogP contribution in [-0.4, -0.2) is 56.0 Å². The Hall–Kier alpha value is -3.75. The first-order chi connectivity index (χ1) is 15.6. The number of hydrogen-bond acceptors (Lipinski definition) is 6. The first-order valence-corrected chi connectivity index (χ1v) is 9.74. The number of pyridine rings is 1. The van der Waals surface area contributed by atoms with E-state index in [2.05, 4.69) is 19.8 Å². The minimum absolute atomic E-state index is 0.108. The van der Waals surface area contributed by atoms with E-state index < -0.39 is 54.6 Å². The van der Waals surface area contributed by atoms with Gasteiger partial charge in [-0.2, -0.15) is 0 Å². The van der Waals surface area contributed by atoms with Crippen LogP contribution in [0.25, 0.3) is 4.85 Å². The molecule has 172 valence electrons. The van der Waals surface area contributed by atoms with Crippen molar-refractivity contribution in [2.45, 2.75) is 44.2 Å². The molecule has 0 saturated carbocycles. The second-order valence-electron chi connectivity index (χ2n) is 7.37.